The van der Waals surface area contributed by atoms with E-state index in [1.54, 1.807) is 12.1 Å². The minimum Gasteiger partial charge on any atom is -0.493 e. The second-order valence-corrected chi connectivity index (χ2v) is 4.73. The number of unbranched alkanes of at least 4 members (excludes halogenated alkanes) is 1. The number of ether oxygens (including phenoxy) is 1. The zero-order valence-electron chi connectivity index (χ0n) is 11.1. The molecule has 0 amide bonds. The largest absolute Gasteiger partial charge is 0.493 e. The number of hydrogen-bond acceptors (Lipinski definition) is 3. The summed E-state index contributed by atoms with van der Waals surface area (Å²) < 4.78 is 18.3. The Hall–Kier alpha value is -1.13. The molecule has 1 rings (SSSR count). The highest BCUT2D eigenvalue weighted by Gasteiger charge is 2.19. The Morgan fingerprint density at radius 2 is 2.17 bits per heavy atom. The van der Waals surface area contributed by atoms with E-state index in [-0.39, 0.29) is 18.0 Å². The lowest BCUT2D eigenvalue weighted by Crippen LogP contribution is -2.43. The number of hydrogen-bond donors (Lipinski definition) is 2. The molecule has 0 aliphatic carbocycles. The van der Waals surface area contributed by atoms with Gasteiger partial charge in [-0.05, 0) is 45.4 Å². The van der Waals surface area contributed by atoms with Gasteiger partial charge in [-0.25, -0.2) is 4.39 Å². The molecule has 0 aliphatic rings. The van der Waals surface area contributed by atoms with Gasteiger partial charge < -0.3 is 15.2 Å². The zero-order chi connectivity index (χ0) is 13.4. The number of halogens is 1. The van der Waals surface area contributed by atoms with Gasteiger partial charge in [0.05, 0.1) is 13.2 Å². The maximum atomic E-state index is 12.9. The first-order valence-corrected chi connectivity index (χ1v) is 6.28. The summed E-state index contributed by atoms with van der Waals surface area (Å²) in [6, 6.07) is 6.15. The normalized spacial score (nSPS) is 14.2. The molecule has 0 bridgehead atoms. The van der Waals surface area contributed by atoms with Crippen molar-refractivity contribution in [3.63, 3.8) is 0 Å². The number of rotatable bonds is 8. The Kier molecular flexibility index (Phi) is 6.09. The van der Waals surface area contributed by atoms with Crippen molar-refractivity contribution in [1.29, 1.82) is 0 Å². The van der Waals surface area contributed by atoms with Crippen LogP contribution in [0, 0.1) is 5.82 Å². The van der Waals surface area contributed by atoms with E-state index in [0.29, 0.717) is 12.4 Å². The van der Waals surface area contributed by atoms with Crippen LogP contribution < -0.4 is 10.1 Å². The van der Waals surface area contributed by atoms with Crippen molar-refractivity contribution >= 4 is 0 Å². The van der Waals surface area contributed by atoms with Crippen molar-refractivity contribution in [2.75, 3.05) is 20.3 Å². The molecule has 1 atom stereocenters. The fraction of sp³-hybridized carbons (Fsp3) is 0.571. The first-order valence-electron chi connectivity index (χ1n) is 6.28. The molecule has 0 radical (unpaired) electrons. The molecule has 0 spiro atoms. The van der Waals surface area contributed by atoms with Crippen molar-refractivity contribution in [2.24, 2.45) is 0 Å². The van der Waals surface area contributed by atoms with E-state index in [2.05, 4.69) is 5.32 Å². The lowest BCUT2D eigenvalue weighted by molar-refractivity contribution is 0.168. The standard InChI is InChI=1S/C14H22FNO2/c1-14(11-17,16-2)8-3-4-9-18-13-7-5-6-12(15)10-13/h5-7,10,16-17H,3-4,8-9,11H2,1-2H3. The van der Waals surface area contributed by atoms with Crippen molar-refractivity contribution in [3.8, 4) is 5.75 Å². The summed E-state index contributed by atoms with van der Waals surface area (Å²) in [5.41, 5.74) is -0.223. The predicted molar refractivity (Wildman–Crippen MR) is 70.3 cm³/mol. The van der Waals surface area contributed by atoms with E-state index in [1.165, 1.54) is 12.1 Å². The van der Waals surface area contributed by atoms with Crippen LogP contribution in [0.15, 0.2) is 24.3 Å². The van der Waals surface area contributed by atoms with Gasteiger partial charge in [-0.1, -0.05) is 6.07 Å². The van der Waals surface area contributed by atoms with Gasteiger partial charge in [0.15, 0.2) is 0 Å². The summed E-state index contributed by atoms with van der Waals surface area (Å²) >= 11 is 0. The summed E-state index contributed by atoms with van der Waals surface area (Å²) in [5.74, 6) is 0.282. The molecular formula is C14H22FNO2. The maximum absolute atomic E-state index is 12.9. The molecule has 0 fully saturated rings. The zero-order valence-corrected chi connectivity index (χ0v) is 11.1. The van der Waals surface area contributed by atoms with Crippen molar-refractivity contribution in [1.82, 2.24) is 5.32 Å². The van der Waals surface area contributed by atoms with Gasteiger partial charge >= 0.3 is 0 Å². The number of aliphatic hydroxyl groups excluding tert-OH is 1. The Morgan fingerprint density at radius 1 is 1.39 bits per heavy atom. The van der Waals surface area contributed by atoms with Gasteiger partial charge in [0.1, 0.15) is 11.6 Å². The summed E-state index contributed by atoms with van der Waals surface area (Å²) in [6.07, 6.45) is 2.72. The SMILES string of the molecule is CNC(C)(CO)CCCCOc1cccc(F)c1. The van der Waals surface area contributed by atoms with Gasteiger partial charge in [-0.3, -0.25) is 0 Å². The molecule has 0 heterocycles. The van der Waals surface area contributed by atoms with Crippen LogP contribution in [-0.2, 0) is 0 Å². The molecule has 0 aromatic heterocycles. The van der Waals surface area contributed by atoms with Gasteiger partial charge in [-0.15, -0.1) is 0 Å². The van der Waals surface area contributed by atoms with E-state index in [1.807, 2.05) is 14.0 Å². The molecule has 0 saturated carbocycles. The molecule has 18 heavy (non-hydrogen) atoms. The maximum Gasteiger partial charge on any atom is 0.126 e. The van der Waals surface area contributed by atoms with Crippen LogP contribution in [0.1, 0.15) is 26.2 Å². The lowest BCUT2D eigenvalue weighted by atomic mass is 9.96. The molecule has 2 N–H and O–H groups in total. The van der Waals surface area contributed by atoms with E-state index in [4.69, 9.17) is 4.74 Å². The minimum atomic E-state index is -0.282. The third-order valence-corrected chi connectivity index (χ3v) is 3.14. The fourth-order valence-electron chi connectivity index (χ4n) is 1.65. The van der Waals surface area contributed by atoms with Crippen molar-refractivity contribution in [3.05, 3.63) is 30.1 Å². The van der Waals surface area contributed by atoms with Crippen LogP contribution in [0.25, 0.3) is 0 Å². The van der Waals surface area contributed by atoms with Crippen LogP contribution in [-0.4, -0.2) is 30.9 Å². The molecule has 1 unspecified atom stereocenters. The van der Waals surface area contributed by atoms with E-state index in [9.17, 15) is 9.50 Å². The topological polar surface area (TPSA) is 41.5 Å². The van der Waals surface area contributed by atoms with Crippen molar-refractivity contribution < 1.29 is 14.2 Å². The first-order chi connectivity index (χ1) is 8.59. The van der Waals surface area contributed by atoms with E-state index in [0.717, 1.165) is 19.3 Å². The molecular weight excluding hydrogens is 233 g/mol. The summed E-state index contributed by atoms with van der Waals surface area (Å²) in [4.78, 5) is 0. The molecule has 0 aliphatic heterocycles. The smallest absolute Gasteiger partial charge is 0.126 e. The second-order valence-electron chi connectivity index (χ2n) is 4.73. The van der Waals surface area contributed by atoms with Crippen LogP contribution in [0.4, 0.5) is 4.39 Å². The molecule has 102 valence electrons. The first kappa shape index (κ1) is 14.9. The Balaban J connectivity index is 2.19. The number of aliphatic hydroxyl groups is 1. The van der Waals surface area contributed by atoms with Crippen LogP contribution in [0.2, 0.25) is 0 Å². The quantitative estimate of drug-likeness (QED) is 0.701. The molecule has 3 nitrogen and oxygen atoms in total. The molecule has 0 saturated heterocycles. The summed E-state index contributed by atoms with van der Waals surface area (Å²) in [5, 5.41) is 12.3. The lowest BCUT2D eigenvalue weighted by Gasteiger charge is -2.26. The highest BCUT2D eigenvalue weighted by Crippen LogP contribution is 2.15. The minimum absolute atomic E-state index is 0.119. The average Bonchev–Trinajstić information content (AvgIpc) is 2.38. The number of benzene rings is 1. The second kappa shape index (κ2) is 7.34. The van der Waals surface area contributed by atoms with Crippen LogP contribution in [0.5, 0.6) is 5.75 Å². The Bertz CT molecular complexity index is 353. The van der Waals surface area contributed by atoms with Gasteiger partial charge in [0.2, 0.25) is 0 Å². The Labute approximate surface area is 108 Å². The Morgan fingerprint density at radius 3 is 2.78 bits per heavy atom. The van der Waals surface area contributed by atoms with E-state index >= 15 is 0 Å². The van der Waals surface area contributed by atoms with E-state index < -0.39 is 0 Å². The van der Waals surface area contributed by atoms with Gasteiger partial charge in [0.25, 0.3) is 0 Å². The van der Waals surface area contributed by atoms with Crippen LogP contribution >= 0.6 is 0 Å². The molecule has 1 aromatic rings. The highest BCUT2D eigenvalue weighted by molar-refractivity contribution is 5.22. The van der Waals surface area contributed by atoms with Crippen molar-refractivity contribution in [2.45, 2.75) is 31.7 Å². The van der Waals surface area contributed by atoms with Crippen LogP contribution in [0.3, 0.4) is 0 Å². The number of likely N-dealkylation sites (N-methyl/N-ethyl adjacent to an activating group) is 1. The third kappa shape index (κ3) is 5.02. The van der Waals surface area contributed by atoms with Gasteiger partial charge in [-0.2, -0.15) is 0 Å². The molecule has 4 heteroatoms. The third-order valence-electron chi connectivity index (χ3n) is 3.14. The van der Waals surface area contributed by atoms with Gasteiger partial charge in [0, 0.05) is 11.6 Å². The monoisotopic (exact) mass is 255 g/mol. The average molecular weight is 255 g/mol. The summed E-state index contributed by atoms with van der Waals surface area (Å²) in [6.45, 7) is 2.67. The predicted octanol–water partition coefficient (Wildman–Crippen LogP) is 2.35. The number of nitrogens with one attached hydrogen (secondary N) is 1. The molecule has 1 aromatic carbocycles. The fourth-order valence-corrected chi connectivity index (χ4v) is 1.65. The summed E-state index contributed by atoms with van der Waals surface area (Å²) in [7, 11) is 1.85. The highest BCUT2D eigenvalue weighted by atomic mass is 19.1.